The number of ketones is 3. The first-order valence-electron chi connectivity index (χ1n) is 16.7. The molecule has 0 saturated carbocycles. The third-order valence-electron chi connectivity index (χ3n) is 5.54. The van der Waals surface area contributed by atoms with Gasteiger partial charge in [0.15, 0.2) is 0 Å². The molecule has 0 fully saturated rings. The summed E-state index contributed by atoms with van der Waals surface area (Å²) in [7, 11) is 0. The van der Waals surface area contributed by atoms with Crippen molar-refractivity contribution in [3.05, 3.63) is 0 Å². The number of rotatable bonds is 12. The van der Waals surface area contributed by atoms with E-state index >= 15 is 0 Å². The molecule has 0 spiro atoms. The van der Waals surface area contributed by atoms with Crippen LogP contribution in [0.4, 0.5) is 0 Å². The van der Waals surface area contributed by atoms with Crippen LogP contribution in [-0.2, 0) is 19.2 Å². The molecule has 0 bridgehead atoms. The van der Waals surface area contributed by atoms with Gasteiger partial charge in [-0.2, -0.15) is 0 Å². The molecule has 1 N–H and O–H groups in total. The second kappa shape index (κ2) is 29.5. The van der Waals surface area contributed by atoms with Gasteiger partial charge in [-0.25, -0.2) is 0 Å². The summed E-state index contributed by atoms with van der Waals surface area (Å²) >= 11 is 0. The predicted octanol–water partition coefficient (Wildman–Crippen LogP) is 10.2. The Balaban J connectivity index is -0.000000136. The smallest absolute Gasteiger partial charge is 0.222 e. The SMILES string of the molecule is CC(C)C(=O)C(C)C.CC(C)CC(=O)C(C)C.CC(C)CC(=O)C(C)C.CC(C)CC(C)C.CC(C)NC(=O)C(C)C. The average molecular weight is 600 g/mol. The molecule has 0 aromatic rings. The fourth-order valence-corrected chi connectivity index (χ4v) is 3.34. The highest BCUT2D eigenvalue weighted by Gasteiger charge is 2.10. The van der Waals surface area contributed by atoms with E-state index in [1.807, 2.05) is 83.1 Å². The molecule has 0 unspecified atom stereocenters. The molecular weight excluding hydrogens is 522 g/mol. The van der Waals surface area contributed by atoms with Crippen molar-refractivity contribution in [2.24, 2.45) is 53.3 Å². The lowest BCUT2D eigenvalue weighted by atomic mass is 9.99. The first kappa shape index (κ1) is 50.1. The molecule has 0 aromatic carbocycles. The number of hydrogen-bond acceptors (Lipinski definition) is 4. The van der Waals surface area contributed by atoms with E-state index in [4.69, 9.17) is 0 Å². The summed E-state index contributed by atoms with van der Waals surface area (Å²) in [6, 6.07) is 0.264. The van der Waals surface area contributed by atoms with Crippen LogP contribution in [-0.4, -0.2) is 29.3 Å². The first-order valence-corrected chi connectivity index (χ1v) is 16.7. The molecule has 0 atom stereocenters. The van der Waals surface area contributed by atoms with Crippen molar-refractivity contribution in [3.63, 3.8) is 0 Å². The van der Waals surface area contributed by atoms with Gasteiger partial charge in [-0.15, -0.1) is 0 Å². The van der Waals surface area contributed by atoms with E-state index in [1.54, 1.807) is 0 Å². The summed E-state index contributed by atoms with van der Waals surface area (Å²) in [5.74, 6) is 4.96. The van der Waals surface area contributed by atoms with Crippen LogP contribution in [0, 0.1) is 53.3 Å². The molecule has 0 aromatic heterocycles. The number of nitrogens with one attached hydrogen (secondary N) is 1. The highest BCUT2D eigenvalue weighted by molar-refractivity contribution is 5.82. The second-order valence-corrected chi connectivity index (χ2v) is 15.0. The number of hydrogen-bond donors (Lipinski definition) is 1. The summed E-state index contributed by atoms with van der Waals surface area (Å²) in [6.07, 6.45) is 2.83. The zero-order valence-corrected chi connectivity index (χ0v) is 32.0. The van der Waals surface area contributed by atoms with E-state index in [9.17, 15) is 19.2 Å². The standard InChI is InChI=1S/2C8H16O.C7H15NO.C7H14O.C7H16/c2*1-6(2)5-8(9)7(3)4;1-5(2)7(9)8-6(3)4;1-5(2)7(8)6(3)4;1-6(2)5-7(3)4/h2*6-7H,5H2,1-4H3;5-6H,1-4H3,(H,8,9);5-6H,1-4H3;6-7H,5H2,1-4H3. The summed E-state index contributed by atoms with van der Waals surface area (Å²) < 4.78 is 0. The molecular formula is C37H77NO4. The Morgan fingerprint density at radius 1 is 0.405 bits per heavy atom. The summed E-state index contributed by atoms with van der Waals surface area (Å²) in [4.78, 5) is 43.6. The zero-order chi connectivity index (χ0) is 34.9. The van der Waals surface area contributed by atoms with E-state index in [-0.39, 0.29) is 41.5 Å². The quantitative estimate of drug-likeness (QED) is 0.242. The topological polar surface area (TPSA) is 80.3 Å². The van der Waals surface area contributed by atoms with E-state index in [1.165, 1.54) is 6.42 Å². The van der Waals surface area contributed by atoms with Gasteiger partial charge in [-0.3, -0.25) is 19.2 Å². The Hall–Kier alpha value is -1.52. The number of carbonyl (C=O) groups excluding carboxylic acids is 4. The molecule has 0 radical (unpaired) electrons. The predicted molar refractivity (Wildman–Crippen MR) is 186 cm³/mol. The van der Waals surface area contributed by atoms with Crippen LogP contribution < -0.4 is 5.32 Å². The normalized spacial score (nSPS) is 10.8. The summed E-state index contributed by atoms with van der Waals surface area (Å²) in [5, 5.41) is 2.80. The molecule has 1 amide bonds. The van der Waals surface area contributed by atoms with Crippen LogP contribution in [0.15, 0.2) is 0 Å². The summed E-state index contributed by atoms with van der Waals surface area (Å²) in [5.41, 5.74) is 0. The molecule has 0 saturated heterocycles. The van der Waals surface area contributed by atoms with Crippen molar-refractivity contribution in [2.75, 3.05) is 0 Å². The van der Waals surface area contributed by atoms with Crippen LogP contribution in [0.3, 0.4) is 0 Å². The Kier molecular flexibility index (Phi) is 35.3. The van der Waals surface area contributed by atoms with Crippen molar-refractivity contribution in [1.82, 2.24) is 5.32 Å². The Morgan fingerprint density at radius 3 is 0.738 bits per heavy atom. The molecule has 0 aliphatic rings. The molecule has 254 valence electrons. The van der Waals surface area contributed by atoms with Gasteiger partial charge >= 0.3 is 0 Å². The number of Topliss-reactive ketones (excluding diaryl/α,β-unsaturated/α-hetero) is 3. The van der Waals surface area contributed by atoms with Gasteiger partial charge in [0.05, 0.1) is 0 Å². The summed E-state index contributed by atoms with van der Waals surface area (Å²) in [6.45, 7) is 40.6. The van der Waals surface area contributed by atoms with Gasteiger partial charge in [0.25, 0.3) is 0 Å². The minimum atomic E-state index is 0.104. The minimum absolute atomic E-state index is 0.104. The van der Waals surface area contributed by atoms with E-state index in [0.717, 1.165) is 24.7 Å². The molecule has 5 nitrogen and oxygen atoms in total. The highest BCUT2D eigenvalue weighted by Crippen LogP contribution is 2.09. The lowest BCUT2D eigenvalue weighted by Gasteiger charge is -2.09. The van der Waals surface area contributed by atoms with Gasteiger partial charge in [0.2, 0.25) is 5.91 Å². The van der Waals surface area contributed by atoms with Gasteiger partial charge in [0.1, 0.15) is 17.3 Å². The fourth-order valence-electron chi connectivity index (χ4n) is 3.34. The molecule has 0 heterocycles. The number of carbonyl (C=O) groups is 4. The van der Waals surface area contributed by atoms with E-state index in [2.05, 4.69) is 60.7 Å². The Morgan fingerprint density at radius 2 is 0.690 bits per heavy atom. The maximum Gasteiger partial charge on any atom is 0.222 e. The largest absolute Gasteiger partial charge is 0.354 e. The minimum Gasteiger partial charge on any atom is -0.354 e. The Bertz CT molecular complexity index is 591. The Labute approximate surface area is 264 Å². The van der Waals surface area contributed by atoms with Crippen molar-refractivity contribution >= 4 is 23.3 Å². The van der Waals surface area contributed by atoms with Gasteiger partial charge in [-0.1, -0.05) is 125 Å². The van der Waals surface area contributed by atoms with Crippen LogP contribution >= 0.6 is 0 Å². The monoisotopic (exact) mass is 600 g/mol. The average Bonchev–Trinajstić information content (AvgIpc) is 2.77. The van der Waals surface area contributed by atoms with E-state index in [0.29, 0.717) is 29.2 Å². The van der Waals surface area contributed by atoms with Crippen molar-refractivity contribution < 1.29 is 19.2 Å². The molecule has 0 aliphatic carbocycles. The molecule has 5 heteroatoms. The molecule has 0 rings (SSSR count). The third kappa shape index (κ3) is 45.5. The van der Waals surface area contributed by atoms with Gasteiger partial charge in [-0.05, 0) is 43.9 Å². The lowest BCUT2D eigenvalue weighted by molar-refractivity contribution is -0.125. The lowest BCUT2D eigenvalue weighted by Crippen LogP contribution is -2.33. The van der Waals surface area contributed by atoms with Crippen LogP contribution in [0.1, 0.15) is 158 Å². The highest BCUT2D eigenvalue weighted by atomic mass is 16.2. The van der Waals surface area contributed by atoms with Crippen LogP contribution in [0.2, 0.25) is 0 Å². The maximum atomic E-state index is 11.0. The first-order chi connectivity index (χ1) is 18.8. The zero-order valence-electron chi connectivity index (χ0n) is 32.0. The van der Waals surface area contributed by atoms with Crippen molar-refractivity contribution in [2.45, 2.75) is 164 Å². The molecule has 0 aliphatic heterocycles. The second-order valence-electron chi connectivity index (χ2n) is 15.0. The van der Waals surface area contributed by atoms with Gasteiger partial charge < -0.3 is 5.32 Å². The fraction of sp³-hybridized carbons (Fsp3) is 0.892. The van der Waals surface area contributed by atoms with Crippen LogP contribution in [0.25, 0.3) is 0 Å². The number of amides is 1. The molecule has 42 heavy (non-hydrogen) atoms. The van der Waals surface area contributed by atoms with Gasteiger partial charge in [0, 0.05) is 48.5 Å². The van der Waals surface area contributed by atoms with E-state index < -0.39 is 0 Å². The van der Waals surface area contributed by atoms with Crippen molar-refractivity contribution in [3.8, 4) is 0 Å². The third-order valence-corrected chi connectivity index (χ3v) is 5.54. The van der Waals surface area contributed by atoms with Crippen LogP contribution in [0.5, 0.6) is 0 Å². The maximum absolute atomic E-state index is 11.0. The van der Waals surface area contributed by atoms with Crippen molar-refractivity contribution in [1.29, 1.82) is 0 Å².